The summed E-state index contributed by atoms with van der Waals surface area (Å²) in [5.41, 5.74) is -0.954. The zero-order valence-corrected chi connectivity index (χ0v) is 10.9. The van der Waals surface area contributed by atoms with E-state index in [1.165, 1.54) is 6.07 Å². The molecule has 1 heterocycles. The normalized spacial score (nSPS) is 27.8. The van der Waals surface area contributed by atoms with Crippen LogP contribution >= 0.6 is 0 Å². The van der Waals surface area contributed by atoms with Gasteiger partial charge in [-0.2, -0.15) is 0 Å². The van der Waals surface area contributed by atoms with Gasteiger partial charge in [-0.05, 0) is 31.4 Å². The lowest BCUT2D eigenvalue weighted by molar-refractivity contribution is -0.132. The number of aliphatic hydroxyl groups is 1. The molecular weight excluding hydrogens is 247 g/mol. The molecule has 1 aliphatic carbocycles. The fourth-order valence-electron chi connectivity index (χ4n) is 2.96. The molecule has 0 radical (unpaired) electrons. The van der Waals surface area contributed by atoms with Crippen molar-refractivity contribution in [3.8, 4) is 0 Å². The Morgan fingerprint density at radius 2 is 2.26 bits per heavy atom. The van der Waals surface area contributed by atoms with E-state index in [1.54, 1.807) is 25.3 Å². The molecule has 0 bridgehead atoms. The third kappa shape index (κ3) is 1.95. The Bertz CT molecular complexity index is 592. The van der Waals surface area contributed by atoms with E-state index in [1.807, 2.05) is 0 Å². The monoisotopic (exact) mass is 264 g/mol. The van der Waals surface area contributed by atoms with Gasteiger partial charge in [-0.15, -0.1) is 0 Å². The molecule has 1 saturated carbocycles. The van der Waals surface area contributed by atoms with Gasteiger partial charge in [0.05, 0.1) is 6.10 Å². The van der Waals surface area contributed by atoms with Crippen LogP contribution in [0.15, 0.2) is 28.7 Å². The van der Waals surface area contributed by atoms with E-state index in [0.717, 1.165) is 19.3 Å². The highest BCUT2D eigenvalue weighted by atomic mass is 19.1. The van der Waals surface area contributed by atoms with Crippen LogP contribution < -0.4 is 0 Å². The van der Waals surface area contributed by atoms with Crippen LogP contribution in [0.3, 0.4) is 0 Å². The highest BCUT2D eigenvalue weighted by Crippen LogP contribution is 2.41. The molecule has 1 fully saturated rings. The molecule has 3 rings (SSSR count). The van der Waals surface area contributed by atoms with Gasteiger partial charge in [0.15, 0.2) is 11.4 Å². The van der Waals surface area contributed by atoms with E-state index in [4.69, 9.17) is 9.15 Å². The van der Waals surface area contributed by atoms with Gasteiger partial charge in [-0.25, -0.2) is 4.39 Å². The maximum Gasteiger partial charge on any atom is 0.170 e. The molecule has 3 nitrogen and oxygen atoms in total. The maximum absolute atomic E-state index is 13.7. The van der Waals surface area contributed by atoms with E-state index in [-0.39, 0.29) is 11.7 Å². The number of fused-ring (bicyclic) bond motifs is 1. The first kappa shape index (κ1) is 12.6. The lowest BCUT2D eigenvalue weighted by atomic mass is 9.80. The van der Waals surface area contributed by atoms with Crippen LogP contribution in [0.25, 0.3) is 11.0 Å². The van der Waals surface area contributed by atoms with Gasteiger partial charge in [0, 0.05) is 12.5 Å². The summed E-state index contributed by atoms with van der Waals surface area (Å²) < 4.78 is 24.6. The second-order valence-corrected chi connectivity index (χ2v) is 5.16. The molecule has 1 aromatic carbocycles. The van der Waals surface area contributed by atoms with Gasteiger partial charge in [-0.1, -0.05) is 18.6 Å². The Labute approximate surface area is 111 Å². The lowest BCUT2D eigenvalue weighted by Crippen LogP contribution is -2.43. The van der Waals surface area contributed by atoms with E-state index >= 15 is 0 Å². The minimum Gasteiger partial charge on any atom is -0.455 e. The first-order valence-corrected chi connectivity index (χ1v) is 6.59. The topological polar surface area (TPSA) is 42.6 Å². The Hall–Kier alpha value is -1.39. The standard InChI is InChI=1S/C15H17FO3/c1-18-12-7-2-3-8-15(12,17)13-9-10-5-4-6-11(16)14(10)19-13/h4-6,9,12,17H,2-3,7-8H2,1H3. The molecule has 1 aliphatic rings. The smallest absolute Gasteiger partial charge is 0.170 e. The average Bonchev–Trinajstić information content (AvgIpc) is 2.85. The number of rotatable bonds is 2. The van der Waals surface area contributed by atoms with Crippen LogP contribution in [0.4, 0.5) is 4.39 Å². The highest BCUT2D eigenvalue weighted by molar-refractivity contribution is 5.78. The summed E-state index contributed by atoms with van der Waals surface area (Å²) in [6.45, 7) is 0. The van der Waals surface area contributed by atoms with Gasteiger partial charge in [-0.3, -0.25) is 0 Å². The Morgan fingerprint density at radius 3 is 3.00 bits per heavy atom. The SMILES string of the molecule is COC1CCCCC1(O)c1cc2cccc(F)c2o1. The predicted octanol–water partition coefficient (Wildman–Crippen LogP) is 3.35. The van der Waals surface area contributed by atoms with Crippen molar-refractivity contribution in [3.63, 3.8) is 0 Å². The summed E-state index contributed by atoms with van der Waals surface area (Å²) in [6.07, 6.45) is 3.00. The van der Waals surface area contributed by atoms with Crippen molar-refractivity contribution in [3.05, 3.63) is 35.8 Å². The fraction of sp³-hybridized carbons (Fsp3) is 0.467. The quantitative estimate of drug-likeness (QED) is 0.904. The summed E-state index contributed by atoms with van der Waals surface area (Å²) in [5, 5.41) is 11.5. The first-order chi connectivity index (χ1) is 9.15. The number of benzene rings is 1. The van der Waals surface area contributed by atoms with Crippen molar-refractivity contribution in [1.29, 1.82) is 0 Å². The highest BCUT2D eigenvalue weighted by Gasteiger charge is 2.43. The van der Waals surface area contributed by atoms with Gasteiger partial charge < -0.3 is 14.3 Å². The van der Waals surface area contributed by atoms with Crippen LogP contribution in [0.5, 0.6) is 0 Å². The number of para-hydroxylation sites is 1. The molecule has 0 aliphatic heterocycles. The van der Waals surface area contributed by atoms with Crippen molar-refractivity contribution in [2.24, 2.45) is 0 Å². The number of hydrogen-bond acceptors (Lipinski definition) is 3. The molecule has 0 amide bonds. The number of hydrogen-bond donors (Lipinski definition) is 1. The minimum atomic E-state index is -1.15. The zero-order chi connectivity index (χ0) is 13.5. The minimum absolute atomic E-state index is 0.200. The molecule has 0 saturated heterocycles. The van der Waals surface area contributed by atoms with Crippen LogP contribution in [0.2, 0.25) is 0 Å². The van der Waals surface area contributed by atoms with Crippen LogP contribution in [-0.2, 0) is 10.3 Å². The van der Waals surface area contributed by atoms with Crippen molar-refractivity contribution in [2.45, 2.75) is 37.4 Å². The van der Waals surface area contributed by atoms with E-state index in [9.17, 15) is 9.50 Å². The van der Waals surface area contributed by atoms with Crippen molar-refractivity contribution in [1.82, 2.24) is 0 Å². The predicted molar refractivity (Wildman–Crippen MR) is 69.3 cm³/mol. The largest absolute Gasteiger partial charge is 0.455 e. The van der Waals surface area contributed by atoms with Gasteiger partial charge in [0.25, 0.3) is 0 Å². The summed E-state index contributed by atoms with van der Waals surface area (Å²) in [6, 6.07) is 6.49. The zero-order valence-electron chi connectivity index (χ0n) is 10.9. The van der Waals surface area contributed by atoms with Crippen molar-refractivity contribution >= 4 is 11.0 Å². The Morgan fingerprint density at radius 1 is 1.42 bits per heavy atom. The molecule has 0 spiro atoms. The molecular formula is C15H17FO3. The molecule has 4 heteroatoms. The number of methoxy groups -OCH3 is 1. The molecule has 2 atom stereocenters. The lowest BCUT2D eigenvalue weighted by Gasteiger charge is -2.37. The van der Waals surface area contributed by atoms with Gasteiger partial charge >= 0.3 is 0 Å². The van der Waals surface area contributed by atoms with Gasteiger partial charge in [0.2, 0.25) is 0 Å². The Kier molecular flexibility index (Phi) is 3.07. The summed E-state index contributed by atoms with van der Waals surface area (Å²) in [4.78, 5) is 0. The molecule has 19 heavy (non-hydrogen) atoms. The van der Waals surface area contributed by atoms with Crippen molar-refractivity contribution < 1.29 is 18.7 Å². The molecule has 1 aromatic heterocycles. The second kappa shape index (κ2) is 4.62. The molecule has 1 N–H and O–H groups in total. The van der Waals surface area contributed by atoms with Gasteiger partial charge in [0.1, 0.15) is 11.4 Å². The third-order valence-electron chi connectivity index (χ3n) is 4.01. The number of furan rings is 1. The Balaban J connectivity index is 2.09. The number of ether oxygens (including phenoxy) is 1. The second-order valence-electron chi connectivity index (χ2n) is 5.16. The fourth-order valence-corrected chi connectivity index (χ4v) is 2.96. The van der Waals surface area contributed by atoms with E-state index < -0.39 is 11.4 Å². The van der Waals surface area contributed by atoms with Crippen LogP contribution in [0.1, 0.15) is 31.4 Å². The van der Waals surface area contributed by atoms with E-state index in [2.05, 4.69) is 0 Å². The van der Waals surface area contributed by atoms with Crippen LogP contribution in [-0.4, -0.2) is 18.3 Å². The van der Waals surface area contributed by atoms with E-state index in [0.29, 0.717) is 17.6 Å². The third-order valence-corrected chi connectivity index (χ3v) is 4.01. The summed E-state index contributed by atoms with van der Waals surface area (Å²) in [7, 11) is 1.59. The molecule has 2 aromatic rings. The molecule has 102 valence electrons. The molecule has 2 unspecified atom stereocenters. The first-order valence-electron chi connectivity index (χ1n) is 6.59. The van der Waals surface area contributed by atoms with Crippen LogP contribution in [0, 0.1) is 5.82 Å². The van der Waals surface area contributed by atoms with Crippen molar-refractivity contribution in [2.75, 3.05) is 7.11 Å². The maximum atomic E-state index is 13.7. The summed E-state index contributed by atoms with van der Waals surface area (Å²) >= 11 is 0. The average molecular weight is 264 g/mol. The summed E-state index contributed by atoms with van der Waals surface area (Å²) in [5.74, 6) is -0.00345. The number of halogens is 1.